The van der Waals surface area contributed by atoms with Crippen molar-refractivity contribution in [2.75, 3.05) is 0 Å². The Morgan fingerprint density at radius 1 is 0.167 bits per heavy atom. The zero-order chi connectivity index (χ0) is 48.2. The molecule has 360 valence electrons. The van der Waals surface area contributed by atoms with Gasteiger partial charge in [0.15, 0.2) is 0 Å². The lowest BCUT2D eigenvalue weighted by molar-refractivity contribution is 0.0334. The van der Waals surface area contributed by atoms with Gasteiger partial charge < -0.3 is 57.6 Å². The first-order valence-electron chi connectivity index (χ1n) is 23.3. The second-order valence-corrected chi connectivity index (χ2v) is 44.0. The maximum Gasteiger partial charge on any atom is 0.515 e. The number of fused-ring (bicyclic) bond motifs is 4. The Morgan fingerprint density at radius 3 is 0.444 bits per heavy atom. The molecule has 8 aromatic carbocycles. The van der Waals surface area contributed by atoms with Gasteiger partial charge >= 0.3 is 70.4 Å². The van der Waals surface area contributed by atoms with Crippen LogP contribution in [0.1, 0.15) is 0 Å². The van der Waals surface area contributed by atoms with E-state index in [9.17, 15) is 0 Å². The van der Waals surface area contributed by atoms with Crippen molar-refractivity contribution >= 4 is 132 Å². The summed E-state index contributed by atoms with van der Waals surface area (Å²) in [6.07, 6.45) is 0. The fraction of sp³-hybridized carbons (Fsp3) is 0. The highest BCUT2D eigenvalue weighted by Crippen LogP contribution is 2.44. The van der Waals surface area contributed by atoms with Gasteiger partial charge in [-0.05, 0) is 0 Å². The van der Waals surface area contributed by atoms with E-state index in [1.807, 2.05) is 243 Å². The summed E-state index contributed by atoms with van der Waals surface area (Å²) in [5.41, 5.74) is 0. The first-order chi connectivity index (χ1) is 35.3. The molecule has 6 aliphatic rings. The molecule has 0 aromatic heterocycles. The molecule has 6 heterocycles. The third kappa shape index (κ3) is 8.06. The van der Waals surface area contributed by atoms with Crippen LogP contribution in [-0.4, -0.2) is 90.4 Å². The lowest BCUT2D eigenvalue weighted by Crippen LogP contribution is -2.91. The fourth-order valence-electron chi connectivity index (χ4n) is 9.36. The highest BCUT2D eigenvalue weighted by molar-refractivity contribution is 7.11. The molecule has 0 radical (unpaired) electrons. The van der Waals surface area contributed by atoms with E-state index in [-0.39, 0.29) is 0 Å². The van der Waals surface area contributed by atoms with Crippen molar-refractivity contribution < 1.29 is 57.6 Å². The molecule has 8 aromatic rings. The third-order valence-electron chi connectivity index (χ3n) is 12.7. The second kappa shape index (κ2) is 18.6. The van der Waals surface area contributed by atoms with E-state index in [0.717, 1.165) is 0 Å². The lowest BCUT2D eigenvalue weighted by Gasteiger charge is -2.58. The molecule has 0 N–H and O–H groups in total. The molecule has 0 aliphatic carbocycles. The summed E-state index contributed by atoms with van der Waals surface area (Å²) < 4.78 is 111. The average molecular weight is 1130 g/mol. The minimum absolute atomic E-state index is 0.536. The average Bonchev–Trinajstić information content (AvgIpc) is 3.43. The molecule has 6 fully saturated rings. The Hall–Kier alpha value is -4.63. The van der Waals surface area contributed by atoms with E-state index in [4.69, 9.17) is 57.6 Å². The fourth-order valence-corrected chi connectivity index (χ4v) is 59.2. The van der Waals surface area contributed by atoms with Crippen LogP contribution in [-0.2, 0) is 57.6 Å². The molecule has 24 heteroatoms. The zero-order valence-corrected chi connectivity index (χ0v) is 49.1. The van der Waals surface area contributed by atoms with Gasteiger partial charge in [0.1, 0.15) is 0 Å². The molecule has 0 atom stereocenters. The molecule has 14 rings (SSSR count). The van der Waals surface area contributed by atoms with Crippen molar-refractivity contribution in [2.45, 2.75) is 0 Å². The predicted octanol–water partition coefficient (Wildman–Crippen LogP) is 1.05. The standard InChI is InChI=1S/C48H44O14Si10/c1-9-25-41(26-10-1)65-49-63-50-66(42-27-11-2-12-28-42)57-71(47-37-21-7-22-38-47)59-68(44-31-15-4-16-32-44)52-64-51-67(43-29-13-3-14-30-43,55-69(53-65,61-71)45-33-17-5-18-34-45)56-70(54-65,46-35-19-6-20-36-46)62-72(58-66,60-68)48-39-23-8-24-40-48/h1-40H,63-64H2. The van der Waals surface area contributed by atoms with Gasteiger partial charge in [0, 0.05) is 41.5 Å². The van der Waals surface area contributed by atoms with Crippen molar-refractivity contribution in [3.63, 3.8) is 0 Å². The zero-order valence-electron chi connectivity index (χ0n) is 38.2. The number of benzene rings is 8. The van der Waals surface area contributed by atoms with E-state index in [2.05, 4.69) is 0 Å². The topological polar surface area (TPSA) is 129 Å². The highest BCUT2D eigenvalue weighted by Gasteiger charge is 2.81. The van der Waals surface area contributed by atoms with Gasteiger partial charge in [-0.2, -0.15) is 0 Å². The molecule has 6 aliphatic heterocycles. The summed E-state index contributed by atoms with van der Waals surface area (Å²) >= 11 is 0. The van der Waals surface area contributed by atoms with Crippen LogP contribution in [0.5, 0.6) is 0 Å². The molecule has 8 bridgehead atoms. The minimum Gasteiger partial charge on any atom is -0.395 e. The molecule has 6 saturated heterocycles. The summed E-state index contributed by atoms with van der Waals surface area (Å²) in [5, 5.41) is 4.48. The van der Waals surface area contributed by atoms with Crippen LogP contribution in [0.25, 0.3) is 0 Å². The van der Waals surface area contributed by atoms with Gasteiger partial charge in [0.2, 0.25) is 0 Å². The summed E-state index contributed by atoms with van der Waals surface area (Å²) in [6.45, 7) is 0. The SMILES string of the molecule is c1ccc([Si]23O[SiH2]O[Si]4(c5ccccc5)O[Si]5(c6ccccc6)O[Si]6(c7ccccc7)O[SiH2]O[Si](c7ccccc7)(O[Si](c7ccccc7)(O2)O5)O[Si](c2ccccc2)(O3)O[Si](c2ccccc2)(O4)O6)cc1. The first-order valence-corrected chi connectivity index (χ1v) is 39.4. The third-order valence-corrected chi connectivity index (χ3v) is 50.5. The lowest BCUT2D eigenvalue weighted by atomic mass is 10.4. The Bertz CT molecular complexity index is 2710. The van der Waals surface area contributed by atoms with Crippen molar-refractivity contribution in [1.82, 2.24) is 0 Å². The Labute approximate surface area is 429 Å². The van der Waals surface area contributed by atoms with Gasteiger partial charge in [0.05, 0.1) is 0 Å². The number of hydrogen-bond donors (Lipinski definition) is 0. The summed E-state index contributed by atoms with van der Waals surface area (Å²) in [6, 6.07) is 76.9. The molecule has 0 amide bonds. The van der Waals surface area contributed by atoms with Crippen LogP contribution in [0.2, 0.25) is 0 Å². The van der Waals surface area contributed by atoms with Gasteiger partial charge in [-0.25, -0.2) is 0 Å². The van der Waals surface area contributed by atoms with E-state index < -0.39 is 90.4 Å². The summed E-state index contributed by atoms with van der Waals surface area (Å²) in [7, 11) is -43.0. The largest absolute Gasteiger partial charge is 0.515 e. The molecule has 0 spiro atoms. The minimum atomic E-state index is -4.91. The second-order valence-electron chi connectivity index (χ2n) is 17.2. The van der Waals surface area contributed by atoms with E-state index in [1.165, 1.54) is 0 Å². The van der Waals surface area contributed by atoms with Crippen molar-refractivity contribution in [1.29, 1.82) is 0 Å². The maximum atomic E-state index is 8.25. The molecular formula is C48H44O14Si10. The first kappa shape index (κ1) is 47.1. The van der Waals surface area contributed by atoms with E-state index >= 15 is 0 Å². The molecular weight excluding hydrogens is 1080 g/mol. The monoisotopic (exact) mass is 1120 g/mol. The van der Waals surface area contributed by atoms with Crippen LogP contribution < -0.4 is 41.5 Å². The van der Waals surface area contributed by atoms with Crippen LogP contribution in [0.4, 0.5) is 0 Å². The van der Waals surface area contributed by atoms with Crippen LogP contribution in [0.15, 0.2) is 243 Å². The molecule has 0 saturated carbocycles. The Kier molecular flexibility index (Phi) is 12.2. The van der Waals surface area contributed by atoms with Crippen molar-refractivity contribution in [2.24, 2.45) is 0 Å². The highest BCUT2D eigenvalue weighted by atomic mass is 28.6. The van der Waals surface area contributed by atoms with E-state index in [1.54, 1.807) is 0 Å². The van der Waals surface area contributed by atoms with Gasteiger partial charge in [-0.1, -0.05) is 243 Å². The normalized spacial score (nSPS) is 33.8. The Balaban J connectivity index is 1.27. The van der Waals surface area contributed by atoms with Crippen molar-refractivity contribution in [3.05, 3.63) is 243 Å². The number of hydrogen-bond acceptors (Lipinski definition) is 14. The summed E-state index contributed by atoms with van der Waals surface area (Å²) in [4.78, 5) is 0. The predicted molar refractivity (Wildman–Crippen MR) is 287 cm³/mol. The van der Waals surface area contributed by atoms with Crippen LogP contribution >= 0.6 is 0 Å². The van der Waals surface area contributed by atoms with Crippen LogP contribution in [0, 0.1) is 0 Å². The maximum absolute atomic E-state index is 8.25. The molecule has 14 nitrogen and oxygen atoms in total. The van der Waals surface area contributed by atoms with Gasteiger partial charge in [-0.15, -0.1) is 0 Å². The Morgan fingerprint density at radius 2 is 0.292 bits per heavy atom. The molecule has 72 heavy (non-hydrogen) atoms. The van der Waals surface area contributed by atoms with Crippen molar-refractivity contribution in [3.8, 4) is 0 Å². The van der Waals surface area contributed by atoms with Gasteiger partial charge in [0.25, 0.3) is 20.0 Å². The number of rotatable bonds is 8. The summed E-state index contributed by atoms with van der Waals surface area (Å²) in [5.74, 6) is 0. The van der Waals surface area contributed by atoms with E-state index in [0.29, 0.717) is 41.5 Å². The quantitative estimate of drug-likeness (QED) is 0.201. The van der Waals surface area contributed by atoms with Gasteiger partial charge in [-0.3, -0.25) is 0 Å². The smallest absolute Gasteiger partial charge is 0.395 e. The van der Waals surface area contributed by atoms with Crippen LogP contribution in [0.3, 0.4) is 0 Å². The molecule has 0 unspecified atom stereocenters.